The third kappa shape index (κ3) is 5.55. The molecule has 4 aromatic carbocycles. The molecule has 0 aliphatic rings. The van der Waals surface area contributed by atoms with Crippen molar-refractivity contribution < 1.29 is 14.3 Å². The summed E-state index contributed by atoms with van der Waals surface area (Å²) in [6, 6.07) is 34.8. The standard InChI is InChI=1S/C31H24N2O3S/c1-37-29-14-8-7-13-27(29)33-30(34)20-36-31(35)25-19-28(32-26-12-6-5-11-24(25)26)23-17-15-22(16-18-23)21-9-3-2-4-10-21/h2-19H,20H2,1H3,(H,33,34). The van der Waals surface area contributed by atoms with Gasteiger partial charge in [0.2, 0.25) is 0 Å². The number of hydrogen-bond acceptors (Lipinski definition) is 5. The maximum Gasteiger partial charge on any atom is 0.339 e. The van der Waals surface area contributed by atoms with Crippen molar-refractivity contribution in [2.24, 2.45) is 0 Å². The zero-order chi connectivity index (χ0) is 25.6. The van der Waals surface area contributed by atoms with Crippen LogP contribution in [0.4, 0.5) is 5.69 Å². The zero-order valence-electron chi connectivity index (χ0n) is 20.2. The van der Waals surface area contributed by atoms with Crippen molar-refractivity contribution in [1.29, 1.82) is 0 Å². The molecule has 6 heteroatoms. The number of ether oxygens (including phenoxy) is 1. The van der Waals surface area contributed by atoms with E-state index >= 15 is 0 Å². The van der Waals surface area contributed by atoms with Crippen LogP contribution < -0.4 is 5.32 Å². The van der Waals surface area contributed by atoms with Gasteiger partial charge in [-0.2, -0.15) is 0 Å². The van der Waals surface area contributed by atoms with Crippen molar-refractivity contribution in [2.75, 3.05) is 18.2 Å². The monoisotopic (exact) mass is 504 g/mol. The molecule has 0 aliphatic heterocycles. The van der Waals surface area contributed by atoms with Crippen LogP contribution in [-0.4, -0.2) is 29.7 Å². The highest BCUT2D eigenvalue weighted by molar-refractivity contribution is 7.98. The van der Waals surface area contributed by atoms with Crippen LogP contribution in [0.3, 0.4) is 0 Å². The van der Waals surface area contributed by atoms with Gasteiger partial charge in [0.15, 0.2) is 6.61 Å². The summed E-state index contributed by atoms with van der Waals surface area (Å²) in [7, 11) is 0. The Labute approximate surface area is 219 Å². The van der Waals surface area contributed by atoms with E-state index in [-0.39, 0.29) is 6.61 Å². The summed E-state index contributed by atoms with van der Waals surface area (Å²) in [6.45, 7) is -0.390. The van der Waals surface area contributed by atoms with Crippen LogP contribution in [0.25, 0.3) is 33.3 Å². The number of thioether (sulfide) groups is 1. The number of carbonyl (C=O) groups excluding carboxylic acids is 2. The van der Waals surface area contributed by atoms with Crippen LogP contribution >= 0.6 is 11.8 Å². The van der Waals surface area contributed by atoms with Crippen molar-refractivity contribution in [1.82, 2.24) is 4.98 Å². The van der Waals surface area contributed by atoms with Gasteiger partial charge in [0.05, 0.1) is 22.5 Å². The molecule has 0 saturated carbocycles. The van der Waals surface area contributed by atoms with Gasteiger partial charge in [-0.15, -0.1) is 11.8 Å². The van der Waals surface area contributed by atoms with Crippen LogP contribution in [0, 0.1) is 0 Å². The molecule has 0 bridgehead atoms. The van der Waals surface area contributed by atoms with E-state index in [1.54, 1.807) is 6.07 Å². The Kier molecular flexibility index (Phi) is 7.28. The molecule has 182 valence electrons. The molecule has 0 unspecified atom stereocenters. The number of esters is 1. The topological polar surface area (TPSA) is 68.3 Å². The fourth-order valence-corrected chi connectivity index (χ4v) is 4.65. The largest absolute Gasteiger partial charge is 0.452 e. The molecule has 0 radical (unpaired) electrons. The lowest BCUT2D eigenvalue weighted by Crippen LogP contribution is -2.21. The number of rotatable bonds is 7. The maximum atomic E-state index is 13.1. The number of pyridine rings is 1. The molecule has 0 fully saturated rings. The van der Waals surface area contributed by atoms with E-state index in [4.69, 9.17) is 9.72 Å². The molecule has 5 nitrogen and oxygen atoms in total. The van der Waals surface area contributed by atoms with Gasteiger partial charge >= 0.3 is 5.97 Å². The number of hydrogen-bond donors (Lipinski definition) is 1. The number of nitrogens with one attached hydrogen (secondary N) is 1. The van der Waals surface area contributed by atoms with Gasteiger partial charge in [-0.1, -0.05) is 84.9 Å². The lowest BCUT2D eigenvalue weighted by Gasteiger charge is -2.12. The summed E-state index contributed by atoms with van der Waals surface area (Å²) >= 11 is 1.53. The molecule has 5 rings (SSSR count). The SMILES string of the molecule is CSc1ccccc1NC(=O)COC(=O)c1cc(-c2ccc(-c3ccccc3)cc2)nc2ccccc12. The number of carbonyl (C=O) groups is 2. The Hall–Kier alpha value is -4.42. The third-order valence-corrected chi connectivity index (χ3v) is 6.74. The maximum absolute atomic E-state index is 13.1. The zero-order valence-corrected chi connectivity index (χ0v) is 21.0. The Bertz CT molecular complexity index is 1570. The second-order valence-corrected chi connectivity index (χ2v) is 9.19. The molecular weight excluding hydrogens is 480 g/mol. The normalized spacial score (nSPS) is 10.7. The molecule has 1 amide bonds. The van der Waals surface area contributed by atoms with Gasteiger partial charge in [0, 0.05) is 15.8 Å². The minimum atomic E-state index is -0.575. The van der Waals surface area contributed by atoms with Crippen molar-refractivity contribution in [3.8, 4) is 22.4 Å². The number of aromatic nitrogens is 1. The van der Waals surface area contributed by atoms with Gasteiger partial charge < -0.3 is 10.1 Å². The highest BCUT2D eigenvalue weighted by atomic mass is 32.2. The number of anilines is 1. The quantitative estimate of drug-likeness (QED) is 0.189. The minimum Gasteiger partial charge on any atom is -0.452 e. The number of nitrogens with zero attached hydrogens (tertiary/aromatic N) is 1. The minimum absolute atomic E-state index is 0.366. The predicted octanol–water partition coefficient (Wildman–Crippen LogP) is 7.09. The van der Waals surface area contributed by atoms with Crippen molar-refractivity contribution in [3.05, 3.63) is 115 Å². The number of benzene rings is 4. The molecule has 0 atom stereocenters. The van der Waals surface area contributed by atoms with E-state index in [1.807, 2.05) is 97.3 Å². The van der Waals surface area contributed by atoms with Gasteiger partial charge in [0.1, 0.15) is 0 Å². The van der Waals surface area contributed by atoms with Crippen LogP contribution in [0.2, 0.25) is 0 Å². The van der Waals surface area contributed by atoms with E-state index in [1.165, 1.54) is 11.8 Å². The van der Waals surface area contributed by atoms with Crippen LogP contribution in [0.5, 0.6) is 0 Å². The van der Waals surface area contributed by atoms with Gasteiger partial charge in [-0.05, 0) is 41.6 Å². The first kappa shape index (κ1) is 24.3. The van der Waals surface area contributed by atoms with Crippen molar-refractivity contribution in [2.45, 2.75) is 4.90 Å². The lowest BCUT2D eigenvalue weighted by atomic mass is 10.0. The Morgan fingerprint density at radius 3 is 2.22 bits per heavy atom. The summed E-state index contributed by atoms with van der Waals surface area (Å²) in [6.07, 6.45) is 1.94. The summed E-state index contributed by atoms with van der Waals surface area (Å²) < 4.78 is 5.43. The first-order valence-corrected chi connectivity index (χ1v) is 13.0. The first-order valence-electron chi connectivity index (χ1n) is 11.8. The predicted molar refractivity (Wildman–Crippen MR) is 150 cm³/mol. The van der Waals surface area contributed by atoms with Gasteiger partial charge in [-0.3, -0.25) is 4.79 Å². The average molecular weight is 505 g/mol. The van der Waals surface area contributed by atoms with Gasteiger partial charge in [0.25, 0.3) is 5.91 Å². The number of para-hydroxylation sites is 2. The second-order valence-electron chi connectivity index (χ2n) is 8.34. The molecule has 1 heterocycles. The van der Waals surface area contributed by atoms with Crippen molar-refractivity contribution >= 4 is 40.2 Å². The van der Waals surface area contributed by atoms with E-state index in [9.17, 15) is 9.59 Å². The van der Waals surface area contributed by atoms with Gasteiger partial charge in [-0.25, -0.2) is 9.78 Å². The smallest absolute Gasteiger partial charge is 0.339 e. The van der Waals surface area contributed by atoms with E-state index in [2.05, 4.69) is 17.4 Å². The highest BCUT2D eigenvalue weighted by Gasteiger charge is 2.17. The van der Waals surface area contributed by atoms with Crippen LogP contribution in [0.15, 0.2) is 114 Å². The Morgan fingerprint density at radius 2 is 1.43 bits per heavy atom. The fraction of sp³-hybridized carbons (Fsp3) is 0.0645. The number of amides is 1. The lowest BCUT2D eigenvalue weighted by molar-refractivity contribution is -0.119. The third-order valence-electron chi connectivity index (χ3n) is 5.94. The summed E-state index contributed by atoms with van der Waals surface area (Å²) in [5.74, 6) is -0.973. The van der Waals surface area contributed by atoms with E-state index in [0.29, 0.717) is 27.8 Å². The molecule has 0 saturated heterocycles. The Balaban J connectivity index is 1.38. The Morgan fingerprint density at radius 1 is 0.784 bits per heavy atom. The molecule has 5 aromatic rings. The summed E-state index contributed by atoms with van der Waals surface area (Å²) in [4.78, 5) is 31.3. The molecule has 1 N–H and O–H groups in total. The molecule has 0 spiro atoms. The molecule has 1 aromatic heterocycles. The molecular formula is C31H24N2O3S. The van der Waals surface area contributed by atoms with Crippen LogP contribution in [0.1, 0.15) is 10.4 Å². The van der Waals surface area contributed by atoms with Crippen molar-refractivity contribution in [3.63, 3.8) is 0 Å². The fourth-order valence-electron chi connectivity index (χ4n) is 4.10. The molecule has 37 heavy (non-hydrogen) atoms. The van der Waals surface area contributed by atoms with E-state index < -0.39 is 11.9 Å². The highest BCUT2D eigenvalue weighted by Crippen LogP contribution is 2.28. The molecule has 0 aliphatic carbocycles. The van der Waals surface area contributed by atoms with Crippen LogP contribution in [-0.2, 0) is 9.53 Å². The van der Waals surface area contributed by atoms with E-state index in [0.717, 1.165) is 21.6 Å². The second kappa shape index (κ2) is 11.1. The summed E-state index contributed by atoms with van der Waals surface area (Å²) in [5, 5.41) is 3.48. The average Bonchev–Trinajstić information content (AvgIpc) is 2.96. The summed E-state index contributed by atoms with van der Waals surface area (Å²) in [5.41, 5.74) is 5.49. The number of fused-ring (bicyclic) bond motifs is 1. The first-order chi connectivity index (χ1) is 18.1.